The van der Waals surface area contributed by atoms with Gasteiger partial charge in [0.15, 0.2) is 0 Å². The fourth-order valence-corrected chi connectivity index (χ4v) is 2.33. The van der Waals surface area contributed by atoms with Crippen molar-refractivity contribution >= 4 is 11.6 Å². The summed E-state index contributed by atoms with van der Waals surface area (Å²) in [4.78, 5) is 22.7. The minimum absolute atomic E-state index is 0.0421. The Morgan fingerprint density at radius 1 is 1.53 bits per heavy atom. The molecule has 19 heavy (non-hydrogen) atoms. The second-order valence-corrected chi connectivity index (χ2v) is 4.74. The number of nitrogens with one attached hydrogen (secondary N) is 2. The molecule has 102 valence electrons. The predicted octanol–water partition coefficient (Wildman–Crippen LogP) is 1.39. The molecular formula is C13H17N3O3. The summed E-state index contributed by atoms with van der Waals surface area (Å²) in [6, 6.07) is 4.70. The van der Waals surface area contributed by atoms with E-state index >= 15 is 0 Å². The van der Waals surface area contributed by atoms with Crippen molar-refractivity contribution in [2.24, 2.45) is 0 Å². The highest BCUT2D eigenvalue weighted by Gasteiger charge is 2.24. The summed E-state index contributed by atoms with van der Waals surface area (Å²) in [6.07, 6.45) is 1.90. The summed E-state index contributed by atoms with van der Waals surface area (Å²) in [7, 11) is 0. The first-order valence-corrected chi connectivity index (χ1v) is 6.35. The zero-order chi connectivity index (χ0) is 13.8. The Morgan fingerprint density at radius 3 is 2.95 bits per heavy atom. The molecule has 1 aromatic carbocycles. The molecule has 0 aromatic heterocycles. The van der Waals surface area contributed by atoms with Crippen LogP contribution in [0.3, 0.4) is 0 Å². The summed E-state index contributed by atoms with van der Waals surface area (Å²) < 4.78 is 0. The monoisotopic (exact) mass is 263 g/mol. The molecule has 2 rings (SSSR count). The molecule has 6 heteroatoms. The van der Waals surface area contributed by atoms with Crippen molar-refractivity contribution in [3.8, 4) is 0 Å². The lowest BCUT2D eigenvalue weighted by atomic mass is 10.0. The van der Waals surface area contributed by atoms with Crippen molar-refractivity contribution in [1.82, 2.24) is 10.6 Å². The molecule has 1 fully saturated rings. The minimum atomic E-state index is -0.513. The van der Waals surface area contributed by atoms with Gasteiger partial charge in [0.2, 0.25) is 0 Å². The van der Waals surface area contributed by atoms with Crippen molar-refractivity contribution in [3.63, 3.8) is 0 Å². The molecule has 0 spiro atoms. The summed E-state index contributed by atoms with van der Waals surface area (Å²) in [5.74, 6) is -0.362. The lowest BCUT2D eigenvalue weighted by Gasteiger charge is -2.24. The van der Waals surface area contributed by atoms with E-state index in [1.165, 1.54) is 6.07 Å². The van der Waals surface area contributed by atoms with E-state index in [0.29, 0.717) is 12.1 Å². The van der Waals surface area contributed by atoms with Crippen LogP contribution in [0.2, 0.25) is 0 Å². The molecule has 0 saturated carbocycles. The number of piperidine rings is 1. The minimum Gasteiger partial charge on any atom is -0.348 e. The molecular weight excluding hydrogens is 246 g/mol. The van der Waals surface area contributed by atoms with Crippen molar-refractivity contribution in [2.45, 2.75) is 25.8 Å². The molecule has 1 aliphatic heterocycles. The average molecular weight is 263 g/mol. The van der Waals surface area contributed by atoms with Crippen molar-refractivity contribution in [2.75, 3.05) is 13.1 Å². The van der Waals surface area contributed by atoms with Crippen molar-refractivity contribution < 1.29 is 9.72 Å². The first-order valence-electron chi connectivity index (χ1n) is 6.35. The van der Waals surface area contributed by atoms with Crippen LogP contribution in [0.4, 0.5) is 5.69 Å². The van der Waals surface area contributed by atoms with Crippen LogP contribution in [0.5, 0.6) is 0 Å². The summed E-state index contributed by atoms with van der Waals surface area (Å²) in [5.41, 5.74) is 0.648. The maximum absolute atomic E-state index is 12.2. The molecule has 1 unspecified atom stereocenters. The number of hydrogen-bond acceptors (Lipinski definition) is 4. The number of nitro groups is 1. The zero-order valence-corrected chi connectivity index (χ0v) is 10.8. The van der Waals surface area contributed by atoms with Gasteiger partial charge in [0.05, 0.1) is 4.92 Å². The van der Waals surface area contributed by atoms with Gasteiger partial charge < -0.3 is 10.6 Å². The third-order valence-electron chi connectivity index (χ3n) is 3.31. The Balaban J connectivity index is 2.20. The van der Waals surface area contributed by atoms with Crippen LogP contribution < -0.4 is 10.6 Å². The number of hydrogen-bond donors (Lipinski definition) is 2. The maximum Gasteiger partial charge on any atom is 0.282 e. The van der Waals surface area contributed by atoms with Crippen LogP contribution in [-0.2, 0) is 0 Å². The fourth-order valence-electron chi connectivity index (χ4n) is 2.33. The van der Waals surface area contributed by atoms with Crippen molar-refractivity contribution in [3.05, 3.63) is 39.4 Å². The summed E-state index contributed by atoms with van der Waals surface area (Å²) >= 11 is 0. The Morgan fingerprint density at radius 2 is 2.32 bits per heavy atom. The summed E-state index contributed by atoms with van der Waals surface area (Å²) in [6.45, 7) is 3.38. The standard InChI is InChI=1S/C13H17N3O3/c1-9-4-2-6-11(16(18)19)12(9)13(17)15-10-5-3-7-14-8-10/h2,4,6,10,14H,3,5,7-8H2,1H3,(H,15,17). The Labute approximate surface area is 111 Å². The molecule has 0 bridgehead atoms. The number of rotatable bonds is 3. The quantitative estimate of drug-likeness (QED) is 0.637. The third kappa shape index (κ3) is 3.08. The van der Waals surface area contributed by atoms with Gasteiger partial charge in [-0.1, -0.05) is 12.1 Å². The van der Waals surface area contributed by atoms with Gasteiger partial charge in [-0.25, -0.2) is 0 Å². The molecule has 6 nitrogen and oxygen atoms in total. The van der Waals surface area contributed by atoms with E-state index < -0.39 is 4.92 Å². The van der Waals surface area contributed by atoms with Gasteiger partial charge in [0, 0.05) is 18.7 Å². The second-order valence-electron chi connectivity index (χ2n) is 4.74. The largest absolute Gasteiger partial charge is 0.348 e. The molecule has 1 atom stereocenters. The first-order chi connectivity index (χ1) is 9.09. The normalized spacial score (nSPS) is 18.9. The molecule has 1 heterocycles. The number of benzene rings is 1. The number of aryl methyl sites for hydroxylation is 1. The SMILES string of the molecule is Cc1cccc([N+](=O)[O-])c1C(=O)NC1CCCNC1. The highest BCUT2D eigenvalue weighted by molar-refractivity contribution is 5.99. The van der Waals surface area contributed by atoms with Gasteiger partial charge in [-0.15, -0.1) is 0 Å². The molecule has 2 N–H and O–H groups in total. The van der Waals surface area contributed by atoms with Crippen LogP contribution in [0.15, 0.2) is 18.2 Å². The van der Waals surface area contributed by atoms with Gasteiger partial charge in [-0.05, 0) is 31.9 Å². The molecule has 1 amide bonds. The lowest BCUT2D eigenvalue weighted by molar-refractivity contribution is -0.385. The number of carbonyl (C=O) groups excluding carboxylic acids is 1. The van der Waals surface area contributed by atoms with Gasteiger partial charge >= 0.3 is 0 Å². The molecule has 0 aliphatic carbocycles. The van der Waals surface area contributed by atoms with Gasteiger partial charge in [0.25, 0.3) is 11.6 Å². The van der Waals surface area contributed by atoms with Crippen LogP contribution >= 0.6 is 0 Å². The van der Waals surface area contributed by atoms with Gasteiger partial charge in [-0.2, -0.15) is 0 Å². The van der Waals surface area contributed by atoms with Gasteiger partial charge in [0.1, 0.15) is 5.56 Å². The van der Waals surface area contributed by atoms with E-state index in [0.717, 1.165) is 19.4 Å². The molecule has 1 saturated heterocycles. The highest BCUT2D eigenvalue weighted by atomic mass is 16.6. The van der Waals surface area contributed by atoms with E-state index in [1.807, 2.05) is 0 Å². The van der Waals surface area contributed by atoms with E-state index in [1.54, 1.807) is 19.1 Å². The molecule has 0 radical (unpaired) electrons. The molecule has 1 aromatic rings. The second kappa shape index (κ2) is 5.79. The Bertz CT molecular complexity index is 496. The van der Waals surface area contributed by atoms with Crippen LogP contribution in [0.25, 0.3) is 0 Å². The van der Waals surface area contributed by atoms with E-state index in [9.17, 15) is 14.9 Å². The van der Waals surface area contributed by atoms with E-state index in [2.05, 4.69) is 10.6 Å². The lowest BCUT2D eigenvalue weighted by Crippen LogP contribution is -2.45. The topological polar surface area (TPSA) is 84.3 Å². The Kier molecular flexibility index (Phi) is 4.11. The zero-order valence-electron chi connectivity index (χ0n) is 10.8. The van der Waals surface area contributed by atoms with E-state index in [-0.39, 0.29) is 23.2 Å². The number of nitrogens with zero attached hydrogens (tertiary/aromatic N) is 1. The number of carbonyl (C=O) groups is 1. The van der Waals surface area contributed by atoms with Crippen LogP contribution in [0, 0.1) is 17.0 Å². The number of nitro benzene ring substituents is 1. The fraction of sp³-hybridized carbons (Fsp3) is 0.462. The van der Waals surface area contributed by atoms with Crippen LogP contribution in [0.1, 0.15) is 28.8 Å². The highest BCUT2D eigenvalue weighted by Crippen LogP contribution is 2.22. The maximum atomic E-state index is 12.2. The smallest absolute Gasteiger partial charge is 0.282 e. The average Bonchev–Trinajstić information content (AvgIpc) is 2.39. The predicted molar refractivity (Wildman–Crippen MR) is 71.2 cm³/mol. The van der Waals surface area contributed by atoms with Crippen LogP contribution in [-0.4, -0.2) is 30.0 Å². The number of amides is 1. The van der Waals surface area contributed by atoms with E-state index in [4.69, 9.17) is 0 Å². The molecule has 1 aliphatic rings. The third-order valence-corrected chi connectivity index (χ3v) is 3.31. The van der Waals surface area contributed by atoms with Crippen molar-refractivity contribution in [1.29, 1.82) is 0 Å². The first kappa shape index (κ1) is 13.5. The Hall–Kier alpha value is -1.95. The van der Waals surface area contributed by atoms with Gasteiger partial charge in [-0.3, -0.25) is 14.9 Å². The summed E-state index contributed by atoms with van der Waals surface area (Å²) in [5, 5.41) is 17.0.